The molecule has 1 amide bonds. The van der Waals surface area contributed by atoms with E-state index in [4.69, 9.17) is 14.2 Å². The molecule has 0 saturated carbocycles. The van der Waals surface area contributed by atoms with Crippen LogP contribution < -0.4 is 15.0 Å². The van der Waals surface area contributed by atoms with Crippen molar-refractivity contribution in [2.45, 2.75) is 70.6 Å². The van der Waals surface area contributed by atoms with Crippen molar-refractivity contribution in [1.82, 2.24) is 24.8 Å². The summed E-state index contributed by atoms with van der Waals surface area (Å²) in [5.74, 6) is 0.283. The monoisotopic (exact) mass is 537 g/mol. The second-order valence-corrected chi connectivity index (χ2v) is 10.6. The Kier molecular flexibility index (Phi) is 6.92. The summed E-state index contributed by atoms with van der Waals surface area (Å²) in [6, 6.07) is -0.144. The van der Waals surface area contributed by atoms with Gasteiger partial charge in [0.2, 0.25) is 11.8 Å². The van der Waals surface area contributed by atoms with Crippen LogP contribution in [0.2, 0.25) is 0 Å². The van der Waals surface area contributed by atoms with Gasteiger partial charge in [0.25, 0.3) is 0 Å². The van der Waals surface area contributed by atoms with Crippen LogP contribution in [0.4, 0.5) is 29.7 Å². The number of hydrogen-bond acceptors (Lipinski definition) is 10. The fraction of sp³-hybridized carbons (Fsp3) is 0.625. The van der Waals surface area contributed by atoms with Gasteiger partial charge < -0.3 is 24.4 Å². The predicted octanol–water partition coefficient (Wildman–Crippen LogP) is 3.39. The molecular weight excluding hydrogens is 507 g/mol. The predicted molar refractivity (Wildman–Crippen MR) is 129 cm³/mol. The molecule has 0 spiro atoms. The van der Waals surface area contributed by atoms with E-state index in [9.17, 15) is 18.0 Å². The molecule has 3 aliphatic rings. The summed E-state index contributed by atoms with van der Waals surface area (Å²) in [5, 5.41) is 3.16. The molecular formula is C24H30F3N7O4. The number of amides is 1. The Bertz CT molecular complexity index is 1190. The number of halogens is 3. The second kappa shape index (κ2) is 10.0. The minimum absolute atomic E-state index is 0.0594. The molecule has 5 heterocycles. The first-order valence-corrected chi connectivity index (χ1v) is 12.5. The number of nitrogens with one attached hydrogen (secondary N) is 1. The molecule has 11 nitrogen and oxygen atoms in total. The van der Waals surface area contributed by atoms with Crippen molar-refractivity contribution in [3.8, 4) is 5.88 Å². The van der Waals surface area contributed by atoms with Gasteiger partial charge in [-0.2, -0.15) is 18.2 Å². The Hall–Kier alpha value is -3.42. The van der Waals surface area contributed by atoms with E-state index >= 15 is 0 Å². The summed E-state index contributed by atoms with van der Waals surface area (Å²) in [6.07, 6.45) is -1.71. The lowest BCUT2D eigenvalue weighted by Gasteiger charge is -2.35. The van der Waals surface area contributed by atoms with Crippen molar-refractivity contribution in [3.05, 3.63) is 29.3 Å². The van der Waals surface area contributed by atoms with Gasteiger partial charge in [-0.05, 0) is 33.6 Å². The molecule has 0 aromatic carbocycles. The van der Waals surface area contributed by atoms with Crippen molar-refractivity contribution >= 4 is 17.9 Å². The summed E-state index contributed by atoms with van der Waals surface area (Å²) in [6.45, 7) is 7.82. The van der Waals surface area contributed by atoms with Crippen molar-refractivity contribution in [2.75, 3.05) is 36.5 Å². The van der Waals surface area contributed by atoms with Crippen molar-refractivity contribution in [1.29, 1.82) is 0 Å². The Balaban J connectivity index is 1.29. The lowest BCUT2D eigenvalue weighted by Crippen LogP contribution is -2.43. The lowest BCUT2D eigenvalue weighted by molar-refractivity contribution is -0.142. The third-order valence-corrected chi connectivity index (χ3v) is 6.35. The summed E-state index contributed by atoms with van der Waals surface area (Å²) in [7, 11) is 0. The fourth-order valence-electron chi connectivity index (χ4n) is 4.52. The summed E-state index contributed by atoms with van der Waals surface area (Å²) in [4.78, 5) is 33.1. The van der Waals surface area contributed by atoms with E-state index in [1.807, 2.05) is 20.8 Å². The largest absolute Gasteiger partial charge is 0.469 e. The Morgan fingerprint density at radius 3 is 2.63 bits per heavy atom. The molecule has 3 aliphatic heterocycles. The van der Waals surface area contributed by atoms with E-state index in [1.54, 1.807) is 4.90 Å². The zero-order valence-electron chi connectivity index (χ0n) is 21.4. The molecule has 2 aromatic heterocycles. The molecule has 1 N–H and O–H groups in total. The molecule has 0 bridgehead atoms. The van der Waals surface area contributed by atoms with E-state index in [2.05, 4.69) is 30.2 Å². The molecule has 2 saturated heterocycles. The minimum atomic E-state index is -4.64. The van der Waals surface area contributed by atoms with Crippen LogP contribution in [-0.2, 0) is 28.7 Å². The maximum Gasteiger partial charge on any atom is 0.423 e. The van der Waals surface area contributed by atoms with Crippen LogP contribution in [0.25, 0.3) is 0 Å². The summed E-state index contributed by atoms with van der Waals surface area (Å²) >= 11 is 0. The van der Waals surface area contributed by atoms with Crippen LogP contribution in [0.1, 0.15) is 50.4 Å². The first-order chi connectivity index (χ1) is 18.0. The van der Waals surface area contributed by atoms with Crippen LogP contribution in [0.3, 0.4) is 0 Å². The van der Waals surface area contributed by atoms with Gasteiger partial charge in [-0.15, -0.1) is 0 Å². The van der Waals surface area contributed by atoms with Crippen molar-refractivity contribution in [2.24, 2.45) is 0 Å². The Morgan fingerprint density at radius 2 is 1.95 bits per heavy atom. The maximum absolute atomic E-state index is 13.5. The number of aromatic nitrogens is 4. The van der Waals surface area contributed by atoms with Crippen LogP contribution in [0, 0.1) is 0 Å². The summed E-state index contributed by atoms with van der Waals surface area (Å²) < 4.78 is 56.3. The van der Waals surface area contributed by atoms with E-state index in [-0.39, 0.29) is 25.2 Å². The van der Waals surface area contributed by atoms with E-state index in [0.29, 0.717) is 19.6 Å². The van der Waals surface area contributed by atoms with Gasteiger partial charge in [0.15, 0.2) is 0 Å². The van der Waals surface area contributed by atoms with E-state index in [1.165, 1.54) is 6.33 Å². The number of anilines is 2. The van der Waals surface area contributed by atoms with Gasteiger partial charge in [-0.3, -0.25) is 4.90 Å². The van der Waals surface area contributed by atoms with Gasteiger partial charge >= 0.3 is 12.3 Å². The molecule has 2 fully saturated rings. The van der Waals surface area contributed by atoms with Crippen LogP contribution in [0.15, 0.2) is 12.5 Å². The van der Waals surface area contributed by atoms with Crippen LogP contribution >= 0.6 is 0 Å². The first-order valence-electron chi connectivity index (χ1n) is 12.5. The number of fused-ring (bicyclic) bond motifs is 1. The maximum atomic E-state index is 13.5. The topological polar surface area (TPSA) is 115 Å². The molecule has 206 valence electrons. The third kappa shape index (κ3) is 5.84. The zero-order valence-corrected chi connectivity index (χ0v) is 21.4. The molecule has 0 radical (unpaired) electrons. The number of nitrogens with zero attached hydrogens (tertiary/aromatic N) is 6. The number of ether oxygens (including phenoxy) is 3. The van der Waals surface area contributed by atoms with Crippen molar-refractivity contribution < 1.29 is 32.2 Å². The molecule has 5 rings (SSSR count). The minimum Gasteiger partial charge on any atom is -0.469 e. The average Bonchev–Trinajstić information content (AvgIpc) is 3.25. The van der Waals surface area contributed by atoms with Crippen molar-refractivity contribution in [3.63, 3.8) is 0 Å². The first kappa shape index (κ1) is 26.2. The summed E-state index contributed by atoms with van der Waals surface area (Å²) in [5.41, 5.74) is 0.00145. The standard InChI is InChI=1S/C24H30F3N7O4/c1-23(2,3)38-22(35)34-9-16-18(10-34)29-13-30-19(16)33-6-4-5-14(8-33)31-21-28-7-17(24(25,26)27)20(32-21)37-15-11-36-12-15/h7,13-15H,4-6,8-12H2,1-3H3,(H,28,31,32)/t14-/m1/s1. The molecule has 0 aliphatic carbocycles. The van der Waals surface area contributed by atoms with Gasteiger partial charge in [0.1, 0.15) is 29.4 Å². The molecule has 14 heteroatoms. The normalized spacial score (nSPS) is 20.1. The Labute approximate surface area is 217 Å². The number of alkyl halides is 3. The number of carbonyl (C=O) groups is 1. The SMILES string of the molecule is CC(C)(C)OC(=O)N1Cc2ncnc(N3CCC[C@@H](Nc4ncc(C(F)(F)F)c(OC5COC5)n4)C3)c2C1. The smallest absolute Gasteiger partial charge is 0.423 e. The Morgan fingerprint density at radius 1 is 1.16 bits per heavy atom. The highest BCUT2D eigenvalue weighted by molar-refractivity contribution is 5.70. The van der Waals surface area contributed by atoms with Gasteiger partial charge in [-0.25, -0.2) is 19.7 Å². The van der Waals surface area contributed by atoms with E-state index < -0.39 is 35.4 Å². The number of piperidine rings is 1. The highest BCUT2D eigenvalue weighted by Gasteiger charge is 2.38. The molecule has 0 unspecified atom stereocenters. The molecule has 2 aromatic rings. The van der Waals surface area contributed by atoms with E-state index in [0.717, 1.165) is 42.7 Å². The molecule has 1 atom stereocenters. The highest BCUT2D eigenvalue weighted by atomic mass is 19.4. The van der Waals surface area contributed by atoms with Gasteiger partial charge in [0.05, 0.1) is 32.0 Å². The average molecular weight is 538 g/mol. The van der Waals surface area contributed by atoms with Gasteiger partial charge in [-0.1, -0.05) is 0 Å². The molecule has 38 heavy (non-hydrogen) atoms. The van der Waals surface area contributed by atoms with Gasteiger partial charge in [0, 0.05) is 30.9 Å². The zero-order chi connectivity index (χ0) is 27.1. The lowest BCUT2D eigenvalue weighted by atomic mass is 10.1. The number of rotatable bonds is 5. The van der Waals surface area contributed by atoms with Crippen LogP contribution in [-0.4, -0.2) is 75.0 Å². The third-order valence-electron chi connectivity index (χ3n) is 6.35. The second-order valence-electron chi connectivity index (χ2n) is 10.6. The highest BCUT2D eigenvalue weighted by Crippen LogP contribution is 2.36. The number of hydrogen-bond donors (Lipinski definition) is 1. The number of carbonyl (C=O) groups excluding carboxylic acids is 1. The quantitative estimate of drug-likeness (QED) is 0.609. The van der Waals surface area contributed by atoms with Crippen LogP contribution in [0.5, 0.6) is 5.88 Å². The fourth-order valence-corrected chi connectivity index (χ4v) is 4.52.